The molecule has 0 spiro atoms. The summed E-state index contributed by atoms with van der Waals surface area (Å²) in [5.41, 5.74) is 3.35. The summed E-state index contributed by atoms with van der Waals surface area (Å²) in [5.74, 6) is -0.170. The van der Waals surface area contributed by atoms with Crippen LogP contribution in [0, 0.1) is 0 Å². The Labute approximate surface area is 197 Å². The van der Waals surface area contributed by atoms with Gasteiger partial charge in [0.1, 0.15) is 0 Å². The fourth-order valence-electron chi connectivity index (χ4n) is 5.11. The Morgan fingerprint density at radius 3 is 2.29 bits per heavy atom. The Morgan fingerprint density at radius 1 is 0.853 bits per heavy atom. The van der Waals surface area contributed by atoms with Gasteiger partial charge in [0.15, 0.2) is 5.69 Å². The van der Waals surface area contributed by atoms with Crippen LogP contribution < -0.4 is 10.6 Å². The fourth-order valence-corrected chi connectivity index (χ4v) is 5.11. The van der Waals surface area contributed by atoms with Crippen LogP contribution in [0.1, 0.15) is 65.4 Å². The van der Waals surface area contributed by atoms with Crippen molar-refractivity contribution >= 4 is 33.6 Å². The van der Waals surface area contributed by atoms with Crippen LogP contribution in [0.15, 0.2) is 48.7 Å². The quantitative estimate of drug-likeness (QED) is 0.479. The third kappa shape index (κ3) is 3.83. The fraction of sp³-hybridized carbons (Fsp3) is 0.385. The van der Waals surface area contributed by atoms with Crippen molar-refractivity contribution in [2.75, 3.05) is 0 Å². The van der Waals surface area contributed by atoms with Crippen LogP contribution in [0.25, 0.3) is 21.8 Å². The maximum atomic E-state index is 13.0. The molecule has 0 saturated heterocycles. The highest BCUT2D eigenvalue weighted by Crippen LogP contribution is 2.30. The highest BCUT2D eigenvalue weighted by Gasteiger charge is 2.28. The number of hydrogen-bond acceptors (Lipinski definition) is 4. The summed E-state index contributed by atoms with van der Waals surface area (Å²) in [6.07, 6.45) is 7.37. The number of hydrogen-bond donors (Lipinski definition) is 2. The smallest absolute Gasteiger partial charge is 0.273 e. The zero-order valence-electron chi connectivity index (χ0n) is 19.2. The molecule has 6 rings (SSSR count). The van der Waals surface area contributed by atoms with Crippen molar-refractivity contribution in [2.45, 2.75) is 56.7 Å². The van der Waals surface area contributed by atoms with Crippen molar-refractivity contribution in [3.05, 3.63) is 59.9 Å². The molecule has 0 bridgehead atoms. The lowest BCUT2D eigenvalue weighted by atomic mass is 9.91. The van der Waals surface area contributed by atoms with E-state index in [4.69, 9.17) is 0 Å². The zero-order chi connectivity index (χ0) is 23.2. The second kappa shape index (κ2) is 8.27. The van der Waals surface area contributed by atoms with E-state index in [1.807, 2.05) is 35.0 Å². The summed E-state index contributed by atoms with van der Waals surface area (Å²) in [5, 5.41) is 16.7. The topological polar surface area (TPSA) is 93.8 Å². The molecule has 0 aliphatic heterocycles. The minimum atomic E-state index is -0.141. The molecule has 2 amide bonds. The highest BCUT2D eigenvalue weighted by molar-refractivity contribution is 6.10. The van der Waals surface area contributed by atoms with Gasteiger partial charge >= 0.3 is 0 Å². The number of aryl methyl sites for hydroxylation is 1. The van der Waals surface area contributed by atoms with E-state index in [0.717, 1.165) is 60.3 Å². The number of carbonyl (C=O) groups is 2. The SMILES string of the molecule is Cn1c2ccccc2c2cc(C(=O)NC3CCC(n4cc(C(=O)NC5CC5)nn4)CC3)ccc21. The molecule has 8 nitrogen and oxygen atoms in total. The number of fused-ring (bicyclic) bond motifs is 3. The van der Waals surface area contributed by atoms with E-state index in [1.54, 1.807) is 6.20 Å². The molecule has 2 heterocycles. The molecular weight excluding hydrogens is 428 g/mol. The van der Waals surface area contributed by atoms with E-state index in [2.05, 4.69) is 44.7 Å². The molecule has 2 fully saturated rings. The number of aromatic nitrogens is 4. The Balaban J connectivity index is 1.10. The van der Waals surface area contributed by atoms with Gasteiger partial charge in [0.05, 0.1) is 12.2 Å². The number of nitrogens with zero attached hydrogens (tertiary/aromatic N) is 4. The first kappa shape index (κ1) is 20.9. The third-order valence-electron chi connectivity index (χ3n) is 7.24. The number of para-hydroxylation sites is 1. The minimum Gasteiger partial charge on any atom is -0.349 e. The molecule has 8 heteroatoms. The van der Waals surface area contributed by atoms with E-state index in [0.29, 0.717) is 17.3 Å². The molecule has 2 aromatic carbocycles. The molecule has 34 heavy (non-hydrogen) atoms. The lowest BCUT2D eigenvalue weighted by molar-refractivity contribution is 0.0918. The van der Waals surface area contributed by atoms with Gasteiger partial charge in [0, 0.05) is 46.5 Å². The van der Waals surface area contributed by atoms with Crippen LogP contribution >= 0.6 is 0 Å². The lowest BCUT2D eigenvalue weighted by Gasteiger charge is -2.29. The Hall–Kier alpha value is -3.68. The van der Waals surface area contributed by atoms with Crippen molar-refractivity contribution < 1.29 is 9.59 Å². The number of carbonyl (C=O) groups excluding carboxylic acids is 2. The summed E-state index contributed by atoms with van der Waals surface area (Å²) >= 11 is 0. The number of benzene rings is 2. The van der Waals surface area contributed by atoms with Gasteiger partial charge in [-0.2, -0.15) is 0 Å². The maximum absolute atomic E-state index is 13.0. The second-order valence-corrected chi connectivity index (χ2v) is 9.62. The van der Waals surface area contributed by atoms with E-state index < -0.39 is 0 Å². The first-order chi connectivity index (χ1) is 16.6. The molecule has 2 saturated carbocycles. The molecule has 174 valence electrons. The largest absolute Gasteiger partial charge is 0.349 e. The van der Waals surface area contributed by atoms with Crippen molar-refractivity contribution in [1.29, 1.82) is 0 Å². The van der Waals surface area contributed by atoms with Gasteiger partial charge in [-0.1, -0.05) is 23.4 Å². The Bertz CT molecular complexity index is 1390. The Kier molecular flexibility index (Phi) is 5.08. The average molecular weight is 457 g/mol. The van der Waals surface area contributed by atoms with Gasteiger partial charge in [-0.15, -0.1) is 5.10 Å². The standard InChI is InChI=1S/C26H28N6O2/c1-31-23-5-3-2-4-20(23)21-14-16(6-13-24(21)31)25(33)27-18-9-11-19(12-10-18)32-15-22(29-30-32)26(34)28-17-7-8-17/h2-6,13-15,17-19H,7-12H2,1H3,(H,27,33)(H,28,34). The Morgan fingerprint density at radius 2 is 1.53 bits per heavy atom. The summed E-state index contributed by atoms with van der Waals surface area (Å²) < 4.78 is 3.98. The first-order valence-corrected chi connectivity index (χ1v) is 12.1. The normalized spacial score (nSPS) is 20.5. The molecule has 0 atom stereocenters. The maximum Gasteiger partial charge on any atom is 0.273 e. The van der Waals surface area contributed by atoms with Gasteiger partial charge in [-0.25, -0.2) is 4.68 Å². The summed E-state index contributed by atoms with van der Waals surface area (Å²) in [6, 6.07) is 14.9. The molecule has 2 aliphatic rings. The van der Waals surface area contributed by atoms with Crippen LogP contribution in [-0.4, -0.2) is 43.5 Å². The highest BCUT2D eigenvalue weighted by atomic mass is 16.2. The van der Waals surface area contributed by atoms with Crippen molar-refractivity contribution in [2.24, 2.45) is 7.05 Å². The molecule has 2 aliphatic carbocycles. The van der Waals surface area contributed by atoms with Crippen LogP contribution in [0.2, 0.25) is 0 Å². The molecule has 0 radical (unpaired) electrons. The van der Waals surface area contributed by atoms with Gasteiger partial charge in [-0.3, -0.25) is 9.59 Å². The monoisotopic (exact) mass is 456 g/mol. The predicted octanol–water partition coefficient (Wildman–Crippen LogP) is 3.73. The van der Waals surface area contributed by atoms with Gasteiger partial charge < -0.3 is 15.2 Å². The van der Waals surface area contributed by atoms with Crippen LogP contribution in [0.5, 0.6) is 0 Å². The van der Waals surface area contributed by atoms with Gasteiger partial charge in [0.25, 0.3) is 11.8 Å². The predicted molar refractivity (Wildman–Crippen MR) is 130 cm³/mol. The molecular formula is C26H28N6O2. The van der Waals surface area contributed by atoms with Crippen LogP contribution in [0.4, 0.5) is 0 Å². The molecule has 2 N–H and O–H groups in total. The van der Waals surface area contributed by atoms with E-state index in [-0.39, 0.29) is 23.9 Å². The molecule has 4 aromatic rings. The number of rotatable bonds is 5. The number of amides is 2. The summed E-state index contributed by atoms with van der Waals surface area (Å²) in [6.45, 7) is 0. The molecule has 0 unspecified atom stereocenters. The van der Waals surface area contributed by atoms with Crippen molar-refractivity contribution in [3.63, 3.8) is 0 Å². The molecule has 2 aromatic heterocycles. The van der Waals surface area contributed by atoms with Crippen molar-refractivity contribution in [1.82, 2.24) is 30.2 Å². The van der Waals surface area contributed by atoms with E-state index in [9.17, 15) is 9.59 Å². The van der Waals surface area contributed by atoms with Crippen LogP contribution in [0.3, 0.4) is 0 Å². The minimum absolute atomic E-state index is 0.0296. The average Bonchev–Trinajstić information content (AvgIpc) is 3.45. The van der Waals surface area contributed by atoms with Crippen molar-refractivity contribution in [3.8, 4) is 0 Å². The first-order valence-electron chi connectivity index (χ1n) is 12.1. The second-order valence-electron chi connectivity index (χ2n) is 9.62. The van der Waals surface area contributed by atoms with Crippen LogP contribution in [-0.2, 0) is 7.05 Å². The summed E-state index contributed by atoms with van der Waals surface area (Å²) in [7, 11) is 2.06. The van der Waals surface area contributed by atoms with Gasteiger partial charge in [-0.05, 0) is 62.8 Å². The zero-order valence-corrected chi connectivity index (χ0v) is 19.2. The third-order valence-corrected chi connectivity index (χ3v) is 7.24. The number of nitrogens with one attached hydrogen (secondary N) is 2. The summed E-state index contributed by atoms with van der Waals surface area (Å²) in [4.78, 5) is 25.2. The van der Waals surface area contributed by atoms with E-state index in [1.165, 1.54) is 0 Å². The van der Waals surface area contributed by atoms with Gasteiger partial charge in [0.2, 0.25) is 0 Å². The van der Waals surface area contributed by atoms with E-state index >= 15 is 0 Å². The lowest BCUT2D eigenvalue weighted by Crippen LogP contribution is -2.38.